The molecule has 4 rings (SSSR count). The van der Waals surface area contributed by atoms with Gasteiger partial charge in [-0.2, -0.15) is 0 Å². The number of hydrogen-bond donors (Lipinski definition) is 2. The number of halogens is 1. The zero-order valence-electron chi connectivity index (χ0n) is 15.8. The third kappa shape index (κ3) is 3.45. The van der Waals surface area contributed by atoms with Crippen LogP contribution in [-0.4, -0.2) is 49.7 Å². The van der Waals surface area contributed by atoms with Crippen LogP contribution in [0.3, 0.4) is 0 Å². The van der Waals surface area contributed by atoms with Crippen LogP contribution in [-0.2, 0) is 10.3 Å². The fraction of sp³-hybridized carbons (Fsp3) is 0.333. The van der Waals surface area contributed by atoms with E-state index in [-0.39, 0.29) is 11.9 Å². The van der Waals surface area contributed by atoms with Crippen molar-refractivity contribution in [2.75, 3.05) is 37.7 Å². The Morgan fingerprint density at radius 2 is 1.79 bits per heavy atom. The highest BCUT2D eigenvalue weighted by Gasteiger charge is 2.50. The Morgan fingerprint density at radius 1 is 1.07 bits per heavy atom. The minimum absolute atomic E-state index is 0.187. The molecule has 0 radical (unpaired) electrons. The molecule has 0 unspecified atom stereocenters. The van der Waals surface area contributed by atoms with Gasteiger partial charge in [-0.3, -0.25) is 4.79 Å². The summed E-state index contributed by atoms with van der Waals surface area (Å²) in [6.07, 6.45) is 0. The fourth-order valence-corrected chi connectivity index (χ4v) is 4.13. The summed E-state index contributed by atoms with van der Waals surface area (Å²) in [5.74, 6) is -0.187. The number of carbonyl (C=O) groups excluding carboxylic acids is 2. The quantitative estimate of drug-likeness (QED) is 0.765. The third-order valence-corrected chi connectivity index (χ3v) is 5.89. The van der Waals surface area contributed by atoms with E-state index in [1.807, 2.05) is 48.5 Å². The van der Waals surface area contributed by atoms with Gasteiger partial charge >= 0.3 is 6.03 Å². The lowest BCUT2D eigenvalue weighted by Crippen LogP contribution is -3.16. The van der Waals surface area contributed by atoms with Gasteiger partial charge in [0.15, 0.2) is 6.67 Å². The summed E-state index contributed by atoms with van der Waals surface area (Å²) in [5.41, 5.74) is 0.912. The number of piperazine rings is 1. The predicted molar refractivity (Wildman–Crippen MR) is 108 cm³/mol. The summed E-state index contributed by atoms with van der Waals surface area (Å²) in [6.45, 7) is 5.58. The number of hydrogen-bond acceptors (Lipinski definition) is 3. The van der Waals surface area contributed by atoms with E-state index in [2.05, 4.69) is 16.3 Å². The smallest absolute Gasteiger partial charge is 0.329 e. The molecule has 2 aromatic rings. The van der Waals surface area contributed by atoms with Gasteiger partial charge < -0.3 is 15.1 Å². The number of amides is 3. The van der Waals surface area contributed by atoms with Crippen molar-refractivity contribution in [1.29, 1.82) is 0 Å². The molecule has 3 amide bonds. The average Bonchev–Trinajstić information content (AvgIpc) is 2.93. The SMILES string of the molecule is C[C@]1(c2ccccc2)NC(=O)N(C[NH+]2CCN(c3cccc(Cl)c3)CC2)C1=O. The number of anilines is 1. The average molecular weight is 400 g/mol. The van der Waals surface area contributed by atoms with Gasteiger partial charge in [-0.05, 0) is 30.7 Å². The van der Waals surface area contributed by atoms with Crippen LogP contribution in [0.4, 0.5) is 10.5 Å². The lowest BCUT2D eigenvalue weighted by molar-refractivity contribution is -0.907. The highest BCUT2D eigenvalue weighted by molar-refractivity contribution is 6.30. The van der Waals surface area contributed by atoms with Crippen LogP contribution in [0.25, 0.3) is 0 Å². The standard InChI is InChI=1S/C21H23ClN4O2/c1-21(16-6-3-2-4-7-16)19(27)26(20(28)23-21)15-24-10-12-25(13-11-24)18-9-5-8-17(22)14-18/h2-9,14H,10-13,15H2,1H3,(H,23,28)/p+1/t21-/m1/s1. The van der Waals surface area contributed by atoms with Crippen molar-refractivity contribution in [2.24, 2.45) is 0 Å². The van der Waals surface area contributed by atoms with E-state index in [1.54, 1.807) is 6.92 Å². The number of nitrogens with zero attached hydrogens (tertiary/aromatic N) is 2. The molecular formula is C21H24ClN4O2+. The Hall–Kier alpha value is -2.57. The summed E-state index contributed by atoms with van der Waals surface area (Å²) in [4.78, 5) is 30.4. The minimum Gasteiger partial charge on any atom is -0.360 e. The van der Waals surface area contributed by atoms with Gasteiger partial charge in [-0.15, -0.1) is 0 Å². The van der Waals surface area contributed by atoms with E-state index in [0.29, 0.717) is 6.67 Å². The first-order chi connectivity index (χ1) is 13.5. The van der Waals surface area contributed by atoms with Crippen LogP contribution in [0.1, 0.15) is 12.5 Å². The lowest BCUT2D eigenvalue weighted by Gasteiger charge is -2.34. The second-order valence-corrected chi connectivity index (χ2v) is 7.97. The molecule has 0 aromatic heterocycles. The highest BCUT2D eigenvalue weighted by Crippen LogP contribution is 2.28. The molecule has 2 N–H and O–H groups in total. The van der Waals surface area contributed by atoms with Crippen molar-refractivity contribution >= 4 is 29.2 Å². The zero-order chi connectivity index (χ0) is 19.7. The Bertz CT molecular complexity index is 883. The van der Waals surface area contributed by atoms with Gasteiger partial charge in [0.1, 0.15) is 5.54 Å². The second-order valence-electron chi connectivity index (χ2n) is 7.53. The van der Waals surface area contributed by atoms with Crippen LogP contribution < -0.4 is 15.1 Å². The molecule has 2 saturated heterocycles. The van der Waals surface area contributed by atoms with Crippen molar-refractivity contribution in [3.63, 3.8) is 0 Å². The first kappa shape index (κ1) is 18.8. The first-order valence-corrected chi connectivity index (χ1v) is 9.89. The number of carbonyl (C=O) groups is 2. The summed E-state index contributed by atoms with van der Waals surface area (Å²) in [5, 5.41) is 3.60. The van der Waals surface area contributed by atoms with Crippen molar-refractivity contribution in [3.05, 3.63) is 65.2 Å². The van der Waals surface area contributed by atoms with Crippen LogP contribution in [0.5, 0.6) is 0 Å². The van der Waals surface area contributed by atoms with Crippen molar-refractivity contribution in [3.8, 4) is 0 Å². The normalized spacial score (nSPS) is 23.2. The Balaban J connectivity index is 1.40. The van der Waals surface area contributed by atoms with Gasteiger partial charge in [0.25, 0.3) is 5.91 Å². The number of quaternary nitrogens is 1. The summed E-state index contributed by atoms with van der Waals surface area (Å²) >= 11 is 6.09. The molecule has 1 atom stereocenters. The van der Waals surface area contributed by atoms with Gasteiger partial charge in [-0.1, -0.05) is 48.0 Å². The van der Waals surface area contributed by atoms with E-state index < -0.39 is 5.54 Å². The molecular weight excluding hydrogens is 376 g/mol. The number of benzene rings is 2. The predicted octanol–water partition coefficient (Wildman–Crippen LogP) is 1.47. The Morgan fingerprint density at radius 3 is 2.46 bits per heavy atom. The van der Waals surface area contributed by atoms with Crippen LogP contribution in [0.2, 0.25) is 5.02 Å². The van der Waals surface area contributed by atoms with Gasteiger partial charge in [0, 0.05) is 10.7 Å². The maximum atomic E-state index is 13.0. The highest BCUT2D eigenvalue weighted by atomic mass is 35.5. The zero-order valence-corrected chi connectivity index (χ0v) is 16.6. The molecule has 2 aliphatic rings. The number of nitrogens with one attached hydrogen (secondary N) is 2. The largest absolute Gasteiger partial charge is 0.360 e. The van der Waals surface area contributed by atoms with Crippen molar-refractivity contribution in [1.82, 2.24) is 10.2 Å². The number of imide groups is 1. The molecule has 7 heteroatoms. The molecule has 0 spiro atoms. The van der Waals surface area contributed by atoms with Crippen LogP contribution in [0.15, 0.2) is 54.6 Å². The fourth-order valence-electron chi connectivity index (χ4n) is 3.94. The molecule has 6 nitrogen and oxygen atoms in total. The van der Waals surface area contributed by atoms with E-state index in [0.717, 1.165) is 42.5 Å². The molecule has 146 valence electrons. The van der Waals surface area contributed by atoms with Gasteiger partial charge in [0.05, 0.1) is 26.2 Å². The molecule has 0 bridgehead atoms. The third-order valence-electron chi connectivity index (χ3n) is 5.65. The molecule has 0 saturated carbocycles. The van der Waals surface area contributed by atoms with Crippen molar-refractivity contribution in [2.45, 2.75) is 12.5 Å². The molecule has 28 heavy (non-hydrogen) atoms. The van der Waals surface area contributed by atoms with E-state index in [9.17, 15) is 9.59 Å². The lowest BCUT2D eigenvalue weighted by atomic mass is 9.92. The molecule has 2 fully saturated rings. The Labute approximate surface area is 169 Å². The molecule has 0 aliphatic carbocycles. The van der Waals surface area contributed by atoms with E-state index >= 15 is 0 Å². The Kier molecular flexibility index (Phi) is 5.00. The number of urea groups is 1. The maximum Gasteiger partial charge on any atom is 0.329 e. The topological polar surface area (TPSA) is 57.1 Å². The minimum atomic E-state index is -1.000. The van der Waals surface area contributed by atoms with Crippen LogP contribution in [0, 0.1) is 0 Å². The molecule has 2 heterocycles. The van der Waals surface area contributed by atoms with Crippen LogP contribution >= 0.6 is 11.6 Å². The van der Waals surface area contributed by atoms with Crippen molar-refractivity contribution < 1.29 is 14.5 Å². The maximum absolute atomic E-state index is 13.0. The first-order valence-electron chi connectivity index (χ1n) is 9.51. The second kappa shape index (κ2) is 7.45. The summed E-state index contributed by atoms with van der Waals surface area (Å²) in [7, 11) is 0. The molecule has 2 aliphatic heterocycles. The van der Waals surface area contributed by atoms with E-state index in [1.165, 1.54) is 9.80 Å². The monoisotopic (exact) mass is 399 g/mol. The number of rotatable bonds is 4. The summed E-state index contributed by atoms with van der Waals surface area (Å²) in [6, 6.07) is 16.9. The summed E-state index contributed by atoms with van der Waals surface area (Å²) < 4.78 is 0. The van der Waals surface area contributed by atoms with Gasteiger partial charge in [0.2, 0.25) is 0 Å². The van der Waals surface area contributed by atoms with Gasteiger partial charge in [-0.25, -0.2) is 9.69 Å². The van der Waals surface area contributed by atoms with E-state index in [4.69, 9.17) is 11.6 Å². The molecule has 2 aromatic carbocycles.